The third-order valence-corrected chi connectivity index (χ3v) is 5.36. The van der Waals surface area contributed by atoms with Gasteiger partial charge < -0.3 is 4.42 Å². The molecule has 0 bridgehead atoms. The first-order valence-electron chi connectivity index (χ1n) is 8.95. The van der Waals surface area contributed by atoms with E-state index in [-0.39, 0.29) is 10.9 Å². The lowest BCUT2D eigenvalue weighted by Gasteiger charge is -2.08. The van der Waals surface area contributed by atoms with Crippen LogP contribution in [-0.4, -0.2) is 25.0 Å². The first-order chi connectivity index (χ1) is 13.7. The second-order valence-electron chi connectivity index (χ2n) is 6.27. The molecule has 0 aliphatic carbocycles. The fourth-order valence-electron chi connectivity index (χ4n) is 2.78. The van der Waals surface area contributed by atoms with Crippen LogP contribution in [0.4, 0.5) is 0 Å². The van der Waals surface area contributed by atoms with E-state index in [1.165, 1.54) is 17.3 Å². The average molecular weight is 393 g/mol. The minimum Gasteiger partial charge on any atom is -0.419 e. The van der Waals surface area contributed by atoms with E-state index in [4.69, 9.17) is 4.42 Å². The minimum atomic E-state index is -0.221. The Bertz CT molecular complexity index is 1090. The van der Waals surface area contributed by atoms with E-state index in [0.717, 1.165) is 12.0 Å². The number of H-pyrrole nitrogens is 1. The van der Waals surface area contributed by atoms with Crippen molar-refractivity contribution in [3.8, 4) is 11.5 Å². The maximum absolute atomic E-state index is 12.1. The van der Waals surface area contributed by atoms with Gasteiger partial charge in [-0.1, -0.05) is 60.3 Å². The highest BCUT2D eigenvalue weighted by molar-refractivity contribution is 7.99. The molecule has 0 fully saturated rings. The largest absolute Gasteiger partial charge is 0.419 e. The molecular formula is C20H19N5O2S. The van der Waals surface area contributed by atoms with Crippen molar-refractivity contribution in [2.24, 2.45) is 0 Å². The molecule has 1 atom stereocenters. The molecule has 7 nitrogen and oxygen atoms in total. The van der Waals surface area contributed by atoms with Crippen molar-refractivity contribution < 1.29 is 4.42 Å². The van der Waals surface area contributed by atoms with E-state index in [0.29, 0.717) is 23.5 Å². The molecule has 1 unspecified atom stereocenters. The third-order valence-electron chi connectivity index (χ3n) is 4.28. The molecule has 142 valence electrons. The van der Waals surface area contributed by atoms with Gasteiger partial charge in [0.05, 0.1) is 5.25 Å². The summed E-state index contributed by atoms with van der Waals surface area (Å²) in [6.45, 7) is 2.50. The molecule has 2 aromatic heterocycles. The van der Waals surface area contributed by atoms with Crippen LogP contribution in [0.1, 0.15) is 23.6 Å². The van der Waals surface area contributed by atoms with Crippen molar-refractivity contribution >= 4 is 11.8 Å². The first kappa shape index (κ1) is 18.2. The summed E-state index contributed by atoms with van der Waals surface area (Å²) >= 11 is 1.41. The van der Waals surface area contributed by atoms with Crippen molar-refractivity contribution in [2.75, 3.05) is 0 Å². The number of aromatic nitrogens is 5. The van der Waals surface area contributed by atoms with Crippen LogP contribution in [0.15, 0.2) is 75.0 Å². The zero-order valence-electron chi connectivity index (χ0n) is 15.3. The fourth-order valence-corrected chi connectivity index (χ4v) is 3.69. The Balaban J connectivity index is 1.47. The molecule has 4 aromatic rings. The van der Waals surface area contributed by atoms with Gasteiger partial charge in [0.15, 0.2) is 5.16 Å². The average Bonchev–Trinajstić information content (AvgIpc) is 3.36. The number of rotatable bonds is 7. The second-order valence-corrected chi connectivity index (χ2v) is 7.58. The van der Waals surface area contributed by atoms with Crippen LogP contribution >= 0.6 is 11.8 Å². The van der Waals surface area contributed by atoms with Crippen molar-refractivity contribution in [1.82, 2.24) is 25.0 Å². The summed E-state index contributed by atoms with van der Waals surface area (Å²) in [6, 6.07) is 19.7. The van der Waals surface area contributed by atoms with Crippen LogP contribution < -0.4 is 5.69 Å². The highest BCUT2D eigenvalue weighted by atomic mass is 32.2. The minimum absolute atomic E-state index is 0.143. The maximum Gasteiger partial charge on any atom is 0.343 e. The normalized spacial score (nSPS) is 12.2. The van der Waals surface area contributed by atoms with Gasteiger partial charge in [-0.25, -0.2) is 9.89 Å². The monoisotopic (exact) mass is 393 g/mol. The van der Waals surface area contributed by atoms with Crippen molar-refractivity contribution in [3.63, 3.8) is 0 Å². The predicted octanol–water partition coefficient (Wildman–Crippen LogP) is 3.72. The van der Waals surface area contributed by atoms with Crippen LogP contribution in [0.5, 0.6) is 0 Å². The van der Waals surface area contributed by atoms with Gasteiger partial charge in [0, 0.05) is 12.1 Å². The zero-order valence-corrected chi connectivity index (χ0v) is 16.1. The number of benzene rings is 2. The van der Waals surface area contributed by atoms with E-state index < -0.39 is 0 Å². The highest BCUT2D eigenvalue weighted by Gasteiger charge is 2.20. The number of nitrogens with one attached hydrogen (secondary N) is 1. The van der Waals surface area contributed by atoms with Crippen LogP contribution in [0, 0.1) is 0 Å². The molecule has 0 saturated carbocycles. The van der Waals surface area contributed by atoms with Crippen LogP contribution in [0.25, 0.3) is 11.5 Å². The fraction of sp³-hybridized carbons (Fsp3) is 0.200. The molecular weight excluding hydrogens is 374 g/mol. The molecule has 8 heteroatoms. The highest BCUT2D eigenvalue weighted by Crippen LogP contribution is 2.33. The zero-order chi connectivity index (χ0) is 19.3. The summed E-state index contributed by atoms with van der Waals surface area (Å²) in [6.07, 6.45) is 0.751. The predicted molar refractivity (Wildman–Crippen MR) is 107 cm³/mol. The van der Waals surface area contributed by atoms with E-state index in [1.54, 1.807) is 4.57 Å². The van der Waals surface area contributed by atoms with Crippen LogP contribution in [0.2, 0.25) is 0 Å². The maximum atomic E-state index is 12.1. The van der Waals surface area contributed by atoms with Crippen molar-refractivity contribution in [1.29, 1.82) is 0 Å². The molecule has 0 aliphatic rings. The summed E-state index contributed by atoms with van der Waals surface area (Å²) < 4.78 is 7.45. The number of hydrogen-bond acceptors (Lipinski definition) is 6. The van der Waals surface area contributed by atoms with Crippen LogP contribution in [0.3, 0.4) is 0 Å². The smallest absolute Gasteiger partial charge is 0.343 e. The van der Waals surface area contributed by atoms with Gasteiger partial charge >= 0.3 is 5.69 Å². The summed E-state index contributed by atoms with van der Waals surface area (Å²) in [7, 11) is 0. The van der Waals surface area contributed by atoms with Crippen molar-refractivity contribution in [2.45, 2.75) is 30.3 Å². The number of thioether (sulfide) groups is 1. The molecule has 2 aromatic carbocycles. The van der Waals surface area contributed by atoms with Gasteiger partial charge in [-0.3, -0.25) is 4.57 Å². The number of hydrogen-bond donors (Lipinski definition) is 1. The Labute approximate surface area is 165 Å². The lowest BCUT2D eigenvalue weighted by atomic mass is 10.1. The quantitative estimate of drug-likeness (QED) is 0.481. The summed E-state index contributed by atoms with van der Waals surface area (Å²) in [5.41, 5.74) is 1.82. The van der Waals surface area contributed by atoms with Gasteiger partial charge in [0.1, 0.15) is 0 Å². The first-order valence-corrected chi connectivity index (χ1v) is 9.83. The SMILES string of the molecule is CC(Sc1n[nH]c(=O)n1CCc1ccccc1)c1nnc(-c2ccccc2)o1. The molecule has 0 amide bonds. The Hall–Kier alpha value is -3.13. The number of nitrogens with zero attached hydrogens (tertiary/aromatic N) is 4. The van der Waals surface area contributed by atoms with Gasteiger partial charge in [-0.05, 0) is 31.0 Å². The molecule has 28 heavy (non-hydrogen) atoms. The second kappa shape index (κ2) is 8.26. The van der Waals surface area contributed by atoms with Gasteiger partial charge in [-0.15, -0.1) is 15.3 Å². The van der Waals surface area contributed by atoms with Crippen molar-refractivity contribution in [3.05, 3.63) is 82.6 Å². The van der Waals surface area contributed by atoms with Gasteiger partial charge in [0.25, 0.3) is 0 Å². The summed E-state index contributed by atoms with van der Waals surface area (Å²) in [5.74, 6) is 0.973. The lowest BCUT2D eigenvalue weighted by Crippen LogP contribution is -2.19. The van der Waals surface area contributed by atoms with Gasteiger partial charge in [0.2, 0.25) is 11.8 Å². The third kappa shape index (κ3) is 4.07. The number of aromatic amines is 1. The molecule has 4 rings (SSSR count). The van der Waals surface area contributed by atoms with Crippen LogP contribution in [-0.2, 0) is 13.0 Å². The Morgan fingerprint density at radius 3 is 2.54 bits per heavy atom. The Morgan fingerprint density at radius 2 is 1.79 bits per heavy atom. The molecule has 1 N–H and O–H groups in total. The topological polar surface area (TPSA) is 89.6 Å². The Kier molecular flexibility index (Phi) is 5.38. The van der Waals surface area contributed by atoms with E-state index >= 15 is 0 Å². The van der Waals surface area contributed by atoms with E-state index in [2.05, 4.69) is 20.4 Å². The number of aryl methyl sites for hydroxylation is 1. The summed E-state index contributed by atoms with van der Waals surface area (Å²) in [4.78, 5) is 12.1. The van der Waals surface area contributed by atoms with E-state index in [9.17, 15) is 4.79 Å². The molecule has 0 aliphatic heterocycles. The van der Waals surface area contributed by atoms with Gasteiger partial charge in [-0.2, -0.15) is 0 Å². The van der Waals surface area contributed by atoms with E-state index in [1.807, 2.05) is 67.6 Å². The molecule has 0 spiro atoms. The lowest BCUT2D eigenvalue weighted by molar-refractivity contribution is 0.508. The molecule has 0 radical (unpaired) electrons. The molecule has 2 heterocycles. The summed E-state index contributed by atoms with van der Waals surface area (Å²) in [5, 5.41) is 15.4. The standard InChI is InChI=1S/C20H19N5O2S/c1-14(17-21-22-18(27-17)16-10-6-3-7-11-16)28-20-24-23-19(26)25(20)13-12-15-8-4-2-5-9-15/h2-11,14H,12-13H2,1H3,(H,23,26). The molecule has 0 saturated heterocycles. The Morgan fingerprint density at radius 1 is 1.07 bits per heavy atom.